The Morgan fingerprint density at radius 3 is 2.93 bits per heavy atom. The number of halogens is 1. The highest BCUT2D eigenvalue weighted by atomic mass is 35.5. The second-order valence-electron chi connectivity index (χ2n) is 2.88. The zero-order chi connectivity index (χ0) is 10.7. The summed E-state index contributed by atoms with van der Waals surface area (Å²) in [7, 11) is 0. The molecule has 2 aromatic rings. The van der Waals surface area contributed by atoms with Gasteiger partial charge in [-0.05, 0) is 24.3 Å². The van der Waals surface area contributed by atoms with Gasteiger partial charge < -0.3 is 10.5 Å². The molecule has 0 radical (unpaired) electrons. The van der Waals surface area contributed by atoms with E-state index in [1.165, 1.54) is 11.3 Å². The van der Waals surface area contributed by atoms with Crippen LogP contribution in [0.2, 0.25) is 4.34 Å². The summed E-state index contributed by atoms with van der Waals surface area (Å²) in [5, 5.41) is 0. The summed E-state index contributed by atoms with van der Waals surface area (Å²) in [6, 6.07) is 7.35. The maximum atomic E-state index is 5.80. The van der Waals surface area contributed by atoms with Gasteiger partial charge in [0.15, 0.2) is 11.6 Å². The van der Waals surface area contributed by atoms with E-state index in [0.717, 1.165) is 9.21 Å². The molecule has 2 aromatic heterocycles. The molecule has 0 aromatic carbocycles. The van der Waals surface area contributed by atoms with Gasteiger partial charge in [-0.1, -0.05) is 11.6 Å². The second-order valence-corrected chi connectivity index (χ2v) is 4.68. The van der Waals surface area contributed by atoms with Gasteiger partial charge in [0.2, 0.25) is 0 Å². The number of thiophene rings is 1. The first kappa shape index (κ1) is 10.3. The summed E-state index contributed by atoms with van der Waals surface area (Å²) in [6.45, 7) is 0.466. The van der Waals surface area contributed by atoms with Crippen LogP contribution in [0.15, 0.2) is 30.5 Å². The first-order valence-corrected chi connectivity index (χ1v) is 5.52. The monoisotopic (exact) mass is 240 g/mol. The summed E-state index contributed by atoms with van der Waals surface area (Å²) in [6.07, 6.45) is 1.63. The highest BCUT2D eigenvalue weighted by molar-refractivity contribution is 7.16. The molecule has 2 N–H and O–H groups in total. The van der Waals surface area contributed by atoms with E-state index in [4.69, 9.17) is 22.1 Å². The number of aromatic nitrogens is 1. The van der Waals surface area contributed by atoms with Crippen LogP contribution in [0.3, 0.4) is 0 Å². The Labute approximate surface area is 96.5 Å². The van der Waals surface area contributed by atoms with Crippen LogP contribution in [-0.2, 0) is 6.61 Å². The van der Waals surface area contributed by atoms with E-state index in [9.17, 15) is 0 Å². The second kappa shape index (κ2) is 4.51. The molecule has 78 valence electrons. The number of nitrogens with zero attached hydrogens (tertiary/aromatic N) is 1. The quantitative estimate of drug-likeness (QED) is 0.897. The lowest BCUT2D eigenvalue weighted by Crippen LogP contribution is -1.98. The summed E-state index contributed by atoms with van der Waals surface area (Å²) < 4.78 is 6.26. The Hall–Kier alpha value is -1.26. The van der Waals surface area contributed by atoms with Crippen LogP contribution in [0.4, 0.5) is 5.82 Å². The van der Waals surface area contributed by atoms with Crippen molar-refractivity contribution in [2.45, 2.75) is 6.61 Å². The number of ether oxygens (including phenoxy) is 1. The predicted octanol–water partition coefficient (Wildman–Crippen LogP) is 2.96. The number of anilines is 1. The van der Waals surface area contributed by atoms with Crippen molar-refractivity contribution < 1.29 is 4.74 Å². The molecule has 0 saturated carbocycles. The largest absolute Gasteiger partial charge is 0.484 e. The minimum Gasteiger partial charge on any atom is -0.484 e. The van der Waals surface area contributed by atoms with Crippen LogP contribution < -0.4 is 10.5 Å². The Balaban J connectivity index is 2.02. The molecule has 2 rings (SSSR count). The van der Waals surface area contributed by atoms with Crippen molar-refractivity contribution in [1.29, 1.82) is 0 Å². The third-order valence-corrected chi connectivity index (χ3v) is 3.00. The first-order valence-electron chi connectivity index (χ1n) is 4.33. The normalized spacial score (nSPS) is 10.2. The van der Waals surface area contributed by atoms with Crippen molar-refractivity contribution >= 4 is 28.8 Å². The van der Waals surface area contributed by atoms with Crippen LogP contribution in [0.5, 0.6) is 5.75 Å². The molecule has 5 heteroatoms. The molecular formula is C10H9ClN2OS. The molecule has 0 amide bonds. The smallest absolute Gasteiger partial charge is 0.166 e. The van der Waals surface area contributed by atoms with Crippen molar-refractivity contribution in [2.24, 2.45) is 0 Å². The van der Waals surface area contributed by atoms with Gasteiger partial charge in [-0.2, -0.15) is 0 Å². The average molecular weight is 241 g/mol. The Morgan fingerprint density at radius 1 is 1.40 bits per heavy atom. The maximum absolute atomic E-state index is 5.80. The predicted molar refractivity (Wildman–Crippen MR) is 62.3 cm³/mol. The number of hydrogen-bond acceptors (Lipinski definition) is 4. The number of hydrogen-bond donors (Lipinski definition) is 1. The van der Waals surface area contributed by atoms with Crippen molar-refractivity contribution in [2.75, 3.05) is 5.73 Å². The minimum atomic E-state index is 0.403. The van der Waals surface area contributed by atoms with Crippen molar-refractivity contribution in [3.05, 3.63) is 39.7 Å². The minimum absolute atomic E-state index is 0.403. The molecule has 3 nitrogen and oxygen atoms in total. The lowest BCUT2D eigenvalue weighted by atomic mass is 10.4. The van der Waals surface area contributed by atoms with Crippen molar-refractivity contribution in [3.63, 3.8) is 0 Å². The van der Waals surface area contributed by atoms with E-state index in [0.29, 0.717) is 18.2 Å². The Kier molecular flexibility index (Phi) is 3.08. The third kappa shape index (κ3) is 2.61. The molecule has 0 aliphatic heterocycles. The molecule has 0 atom stereocenters. The van der Waals surface area contributed by atoms with Crippen LogP contribution in [0.1, 0.15) is 4.88 Å². The van der Waals surface area contributed by atoms with Crippen LogP contribution in [0, 0.1) is 0 Å². The zero-order valence-corrected chi connectivity index (χ0v) is 9.39. The Bertz CT molecular complexity index is 458. The van der Waals surface area contributed by atoms with Gasteiger partial charge in [0.1, 0.15) is 6.61 Å². The van der Waals surface area contributed by atoms with Gasteiger partial charge >= 0.3 is 0 Å². The summed E-state index contributed by atoms with van der Waals surface area (Å²) in [5.74, 6) is 1.00. The van der Waals surface area contributed by atoms with Crippen LogP contribution in [0.25, 0.3) is 0 Å². The third-order valence-electron chi connectivity index (χ3n) is 1.80. The zero-order valence-electron chi connectivity index (χ0n) is 7.81. The summed E-state index contributed by atoms with van der Waals surface area (Å²) in [4.78, 5) is 4.99. The lowest BCUT2D eigenvalue weighted by molar-refractivity contribution is 0.310. The van der Waals surface area contributed by atoms with E-state index in [-0.39, 0.29) is 0 Å². The standard InChI is InChI=1S/C10H9ClN2OS/c11-9-4-3-7(15-9)6-14-8-2-1-5-13-10(8)12/h1-5H,6H2,(H2,12,13). The lowest BCUT2D eigenvalue weighted by Gasteiger charge is -2.05. The molecule has 2 heterocycles. The van der Waals surface area contributed by atoms with Gasteiger partial charge in [0.05, 0.1) is 4.34 Å². The summed E-state index contributed by atoms with van der Waals surface area (Å²) in [5.41, 5.74) is 5.63. The van der Waals surface area contributed by atoms with Crippen LogP contribution in [-0.4, -0.2) is 4.98 Å². The molecular weight excluding hydrogens is 232 g/mol. The van der Waals surface area contributed by atoms with E-state index in [1.807, 2.05) is 12.1 Å². The van der Waals surface area contributed by atoms with E-state index in [2.05, 4.69) is 4.98 Å². The van der Waals surface area contributed by atoms with Gasteiger partial charge in [0.25, 0.3) is 0 Å². The fourth-order valence-corrected chi connectivity index (χ4v) is 2.10. The fourth-order valence-electron chi connectivity index (χ4n) is 1.10. The first-order chi connectivity index (χ1) is 7.25. The van der Waals surface area contributed by atoms with E-state index >= 15 is 0 Å². The fraction of sp³-hybridized carbons (Fsp3) is 0.100. The molecule has 15 heavy (non-hydrogen) atoms. The average Bonchev–Trinajstić information content (AvgIpc) is 2.63. The molecule has 0 saturated heterocycles. The topological polar surface area (TPSA) is 48.1 Å². The number of nitrogen functional groups attached to an aromatic ring is 1. The number of rotatable bonds is 3. The highest BCUT2D eigenvalue weighted by Crippen LogP contribution is 2.24. The van der Waals surface area contributed by atoms with Gasteiger partial charge in [0, 0.05) is 11.1 Å². The molecule has 0 bridgehead atoms. The number of nitrogens with two attached hydrogens (primary N) is 1. The highest BCUT2D eigenvalue weighted by Gasteiger charge is 2.02. The van der Waals surface area contributed by atoms with Gasteiger partial charge in [-0.15, -0.1) is 11.3 Å². The van der Waals surface area contributed by atoms with E-state index in [1.54, 1.807) is 18.3 Å². The van der Waals surface area contributed by atoms with Gasteiger partial charge in [-0.3, -0.25) is 0 Å². The molecule has 0 fully saturated rings. The maximum Gasteiger partial charge on any atom is 0.166 e. The van der Waals surface area contributed by atoms with Crippen LogP contribution >= 0.6 is 22.9 Å². The van der Waals surface area contributed by atoms with Crippen molar-refractivity contribution in [3.8, 4) is 5.75 Å². The summed E-state index contributed by atoms with van der Waals surface area (Å²) >= 11 is 7.29. The number of pyridine rings is 1. The Morgan fingerprint density at radius 2 is 2.27 bits per heavy atom. The molecule has 0 aliphatic rings. The van der Waals surface area contributed by atoms with Gasteiger partial charge in [-0.25, -0.2) is 4.98 Å². The molecule has 0 spiro atoms. The molecule has 0 unspecified atom stereocenters. The van der Waals surface area contributed by atoms with E-state index < -0.39 is 0 Å². The SMILES string of the molecule is Nc1ncccc1OCc1ccc(Cl)s1. The van der Waals surface area contributed by atoms with Crippen molar-refractivity contribution in [1.82, 2.24) is 4.98 Å². The molecule has 0 aliphatic carbocycles.